The lowest BCUT2D eigenvalue weighted by molar-refractivity contribution is 0.0571. The highest BCUT2D eigenvalue weighted by molar-refractivity contribution is 9.10. The zero-order valence-electron chi connectivity index (χ0n) is 10.9. The maximum atomic E-state index is 12.5. The second-order valence-corrected chi connectivity index (χ2v) is 6.16. The fraction of sp³-hybridized carbons (Fsp3) is 0.500. The van der Waals surface area contributed by atoms with Gasteiger partial charge in [-0.3, -0.25) is 4.79 Å². The quantitative estimate of drug-likeness (QED) is 0.837. The van der Waals surface area contributed by atoms with Crippen LogP contribution in [0.3, 0.4) is 0 Å². The molecule has 0 spiro atoms. The van der Waals surface area contributed by atoms with Gasteiger partial charge in [-0.2, -0.15) is 0 Å². The number of likely N-dealkylation sites (tertiary alicyclic amines) is 1. The van der Waals surface area contributed by atoms with Crippen LogP contribution in [-0.2, 0) is 4.74 Å². The van der Waals surface area contributed by atoms with E-state index in [4.69, 9.17) is 16.3 Å². The van der Waals surface area contributed by atoms with Gasteiger partial charge in [-0.25, -0.2) is 0 Å². The topological polar surface area (TPSA) is 29.5 Å². The molecule has 1 amide bonds. The van der Waals surface area contributed by atoms with Gasteiger partial charge >= 0.3 is 0 Å². The Kier molecular flexibility index (Phi) is 5.25. The third kappa shape index (κ3) is 3.71. The molecule has 1 atom stereocenters. The van der Waals surface area contributed by atoms with Crippen molar-refractivity contribution in [2.45, 2.75) is 12.8 Å². The van der Waals surface area contributed by atoms with Gasteiger partial charge in [0.1, 0.15) is 0 Å². The molecule has 0 aliphatic carbocycles. The lowest BCUT2D eigenvalue weighted by Gasteiger charge is -2.32. The number of hydrogen-bond donors (Lipinski definition) is 0. The van der Waals surface area contributed by atoms with Gasteiger partial charge in [0.15, 0.2) is 0 Å². The smallest absolute Gasteiger partial charge is 0.255 e. The predicted molar refractivity (Wildman–Crippen MR) is 79.7 cm³/mol. The molecular formula is C14H17BrClNO2. The first-order valence-electron chi connectivity index (χ1n) is 6.35. The van der Waals surface area contributed by atoms with Gasteiger partial charge in [-0.05, 0) is 37.0 Å². The number of methoxy groups -OCH3 is 1. The number of nitrogens with zero attached hydrogens (tertiary/aromatic N) is 1. The number of hydrogen-bond acceptors (Lipinski definition) is 2. The zero-order chi connectivity index (χ0) is 13.8. The van der Waals surface area contributed by atoms with Gasteiger partial charge in [0, 0.05) is 24.7 Å². The van der Waals surface area contributed by atoms with Crippen LogP contribution in [0.15, 0.2) is 22.7 Å². The molecule has 1 aliphatic heterocycles. The molecular weight excluding hydrogens is 330 g/mol. The van der Waals surface area contributed by atoms with Crippen LogP contribution in [0.1, 0.15) is 23.2 Å². The van der Waals surface area contributed by atoms with Crippen molar-refractivity contribution in [1.82, 2.24) is 4.90 Å². The van der Waals surface area contributed by atoms with Gasteiger partial charge in [0.2, 0.25) is 0 Å². The number of amides is 1. The minimum Gasteiger partial charge on any atom is -0.384 e. The Hall–Kier alpha value is -0.580. The van der Waals surface area contributed by atoms with Crippen molar-refractivity contribution >= 4 is 33.4 Å². The lowest BCUT2D eigenvalue weighted by atomic mass is 9.98. The average Bonchev–Trinajstić information content (AvgIpc) is 2.41. The van der Waals surface area contributed by atoms with Crippen LogP contribution < -0.4 is 0 Å². The molecule has 5 heteroatoms. The van der Waals surface area contributed by atoms with Crippen LogP contribution in [0.2, 0.25) is 5.02 Å². The molecule has 104 valence electrons. The first kappa shape index (κ1) is 14.8. The van der Waals surface area contributed by atoms with Crippen molar-refractivity contribution in [2.24, 2.45) is 5.92 Å². The molecule has 0 saturated carbocycles. The maximum absolute atomic E-state index is 12.5. The van der Waals surface area contributed by atoms with Crippen molar-refractivity contribution in [1.29, 1.82) is 0 Å². The summed E-state index contributed by atoms with van der Waals surface area (Å²) in [5.74, 6) is 0.431. The first-order chi connectivity index (χ1) is 9.11. The fourth-order valence-corrected chi connectivity index (χ4v) is 3.01. The molecule has 0 N–H and O–H groups in total. The highest BCUT2D eigenvalue weighted by Crippen LogP contribution is 2.25. The number of rotatable bonds is 3. The largest absolute Gasteiger partial charge is 0.384 e. The van der Waals surface area contributed by atoms with Crippen LogP contribution in [0, 0.1) is 5.92 Å². The minimum absolute atomic E-state index is 0.00658. The van der Waals surface area contributed by atoms with Gasteiger partial charge in [0.25, 0.3) is 5.91 Å². The third-order valence-corrected chi connectivity index (χ3v) is 4.19. The summed E-state index contributed by atoms with van der Waals surface area (Å²) in [4.78, 5) is 14.4. The van der Waals surface area contributed by atoms with E-state index >= 15 is 0 Å². The highest BCUT2D eigenvalue weighted by atomic mass is 79.9. The third-order valence-electron chi connectivity index (χ3n) is 3.37. The van der Waals surface area contributed by atoms with E-state index in [-0.39, 0.29) is 5.91 Å². The molecule has 3 nitrogen and oxygen atoms in total. The molecule has 2 rings (SSSR count). The van der Waals surface area contributed by atoms with Crippen LogP contribution in [-0.4, -0.2) is 37.6 Å². The van der Waals surface area contributed by atoms with Crippen LogP contribution in [0.25, 0.3) is 0 Å². The Morgan fingerprint density at radius 1 is 1.58 bits per heavy atom. The second-order valence-electron chi connectivity index (χ2n) is 4.84. The standard InChI is InChI=1S/C14H17BrClNO2/c1-19-9-10-3-2-6-17(8-10)14(18)12-7-11(15)4-5-13(12)16/h4-5,7,10H,2-3,6,8-9H2,1H3. The molecule has 0 bridgehead atoms. The number of carbonyl (C=O) groups excluding carboxylic acids is 1. The normalized spacial score (nSPS) is 19.5. The van der Waals surface area contributed by atoms with E-state index in [2.05, 4.69) is 15.9 Å². The van der Waals surface area contributed by atoms with E-state index in [1.54, 1.807) is 19.2 Å². The number of carbonyl (C=O) groups is 1. The number of halogens is 2. The highest BCUT2D eigenvalue weighted by Gasteiger charge is 2.25. The van der Waals surface area contributed by atoms with Gasteiger partial charge in [0.05, 0.1) is 17.2 Å². The summed E-state index contributed by atoms with van der Waals surface area (Å²) < 4.78 is 6.05. The summed E-state index contributed by atoms with van der Waals surface area (Å²) in [6.07, 6.45) is 2.13. The molecule has 0 radical (unpaired) electrons. The molecule has 19 heavy (non-hydrogen) atoms. The summed E-state index contributed by atoms with van der Waals surface area (Å²) in [6.45, 7) is 2.24. The summed E-state index contributed by atoms with van der Waals surface area (Å²) in [6, 6.07) is 5.36. The molecule has 1 aromatic carbocycles. The van der Waals surface area contributed by atoms with Crippen LogP contribution in [0.4, 0.5) is 0 Å². The Balaban J connectivity index is 2.12. The van der Waals surface area contributed by atoms with Crippen LogP contribution in [0.5, 0.6) is 0 Å². The summed E-state index contributed by atoms with van der Waals surface area (Å²) in [5, 5.41) is 0.502. The number of ether oxygens (including phenoxy) is 1. The molecule has 1 aliphatic rings. The van der Waals surface area contributed by atoms with E-state index in [0.717, 1.165) is 30.4 Å². The monoisotopic (exact) mass is 345 g/mol. The van der Waals surface area contributed by atoms with Crippen molar-refractivity contribution in [3.05, 3.63) is 33.3 Å². The van der Waals surface area contributed by atoms with E-state index in [1.807, 2.05) is 11.0 Å². The average molecular weight is 347 g/mol. The summed E-state index contributed by atoms with van der Waals surface area (Å²) in [5.41, 5.74) is 0.564. The Bertz CT molecular complexity index is 465. The second kappa shape index (κ2) is 6.73. The van der Waals surface area contributed by atoms with E-state index < -0.39 is 0 Å². The van der Waals surface area contributed by atoms with Crippen molar-refractivity contribution in [2.75, 3.05) is 26.8 Å². The summed E-state index contributed by atoms with van der Waals surface area (Å²) in [7, 11) is 1.70. The molecule has 1 heterocycles. The van der Waals surface area contributed by atoms with Crippen LogP contribution >= 0.6 is 27.5 Å². The summed E-state index contributed by atoms with van der Waals surface area (Å²) >= 11 is 9.49. The van der Waals surface area contributed by atoms with E-state index in [0.29, 0.717) is 23.1 Å². The molecule has 1 unspecified atom stereocenters. The van der Waals surface area contributed by atoms with Gasteiger partial charge in [-0.15, -0.1) is 0 Å². The minimum atomic E-state index is 0.00658. The SMILES string of the molecule is COCC1CCCN(C(=O)c2cc(Br)ccc2Cl)C1. The molecule has 1 fully saturated rings. The molecule has 1 aromatic rings. The first-order valence-corrected chi connectivity index (χ1v) is 7.52. The predicted octanol–water partition coefficient (Wildman–Crippen LogP) is 3.60. The van der Waals surface area contributed by atoms with Gasteiger partial charge < -0.3 is 9.64 Å². The maximum Gasteiger partial charge on any atom is 0.255 e. The lowest BCUT2D eigenvalue weighted by Crippen LogP contribution is -2.41. The fourth-order valence-electron chi connectivity index (χ4n) is 2.45. The molecule has 0 aromatic heterocycles. The van der Waals surface area contributed by atoms with Crippen molar-refractivity contribution < 1.29 is 9.53 Å². The molecule has 1 saturated heterocycles. The Labute approximate surface area is 127 Å². The van der Waals surface area contributed by atoms with E-state index in [1.165, 1.54) is 0 Å². The van der Waals surface area contributed by atoms with E-state index in [9.17, 15) is 4.79 Å². The van der Waals surface area contributed by atoms with Crippen molar-refractivity contribution in [3.63, 3.8) is 0 Å². The number of piperidine rings is 1. The zero-order valence-corrected chi connectivity index (χ0v) is 13.2. The Morgan fingerprint density at radius 3 is 3.11 bits per heavy atom. The number of benzene rings is 1. The Morgan fingerprint density at radius 2 is 2.37 bits per heavy atom. The van der Waals surface area contributed by atoms with Crippen molar-refractivity contribution in [3.8, 4) is 0 Å². The van der Waals surface area contributed by atoms with Gasteiger partial charge in [-0.1, -0.05) is 27.5 Å².